The summed E-state index contributed by atoms with van der Waals surface area (Å²) in [5.41, 5.74) is 4.12. The van der Waals surface area contributed by atoms with Crippen LogP contribution in [0.1, 0.15) is 46.0 Å². The molecule has 0 saturated heterocycles. The van der Waals surface area contributed by atoms with Gasteiger partial charge in [-0.2, -0.15) is 5.10 Å². The van der Waals surface area contributed by atoms with Crippen LogP contribution in [0, 0.1) is 0 Å². The smallest absolute Gasteiger partial charge is 0.354 e. The number of carboxylic acid groups (broad SMARTS) is 1. The Bertz CT molecular complexity index is 718. The van der Waals surface area contributed by atoms with Crippen molar-refractivity contribution in [2.45, 2.75) is 25.7 Å². The van der Waals surface area contributed by atoms with Crippen molar-refractivity contribution in [2.75, 3.05) is 0 Å². The number of hydrogen-bond donors (Lipinski definition) is 1. The molecule has 1 aliphatic carbocycles. The Morgan fingerprint density at radius 1 is 1.29 bits per heavy atom. The molecule has 0 spiro atoms. The van der Waals surface area contributed by atoms with E-state index in [0.29, 0.717) is 5.69 Å². The lowest BCUT2D eigenvalue weighted by Gasteiger charge is -2.09. The van der Waals surface area contributed by atoms with Gasteiger partial charge in [-0.15, -0.1) is 0 Å². The van der Waals surface area contributed by atoms with Crippen LogP contribution in [-0.2, 0) is 19.9 Å². The molecule has 108 valence electrons. The molecule has 0 fully saturated rings. The van der Waals surface area contributed by atoms with Crippen LogP contribution in [0.3, 0.4) is 0 Å². The van der Waals surface area contributed by atoms with E-state index in [0.717, 1.165) is 18.5 Å². The fourth-order valence-electron chi connectivity index (χ4n) is 2.66. The molecule has 1 N–H and O–H groups in total. The third-order valence-corrected chi connectivity index (χ3v) is 3.69. The van der Waals surface area contributed by atoms with Gasteiger partial charge in [-0.25, -0.2) is 14.8 Å². The van der Waals surface area contributed by atoms with E-state index < -0.39 is 5.97 Å². The van der Waals surface area contributed by atoms with Gasteiger partial charge in [0.1, 0.15) is 6.33 Å². The molecule has 2 aromatic heterocycles. The van der Waals surface area contributed by atoms with Crippen molar-refractivity contribution >= 4 is 18.1 Å². The minimum atomic E-state index is -1.05. The number of hydrogen-bond acceptors (Lipinski definition) is 4. The molecule has 0 aromatic carbocycles. The maximum Gasteiger partial charge on any atom is 0.354 e. The van der Waals surface area contributed by atoms with Gasteiger partial charge in [-0.05, 0) is 43.9 Å². The molecule has 0 amide bonds. The predicted octanol–water partition coefficient (Wildman–Crippen LogP) is 1.96. The molecule has 1 aliphatic rings. The van der Waals surface area contributed by atoms with Crippen molar-refractivity contribution in [3.8, 4) is 0 Å². The third-order valence-electron chi connectivity index (χ3n) is 3.69. The first-order valence-corrected chi connectivity index (χ1v) is 6.93. The van der Waals surface area contributed by atoms with Gasteiger partial charge < -0.3 is 5.11 Å². The number of nitrogens with zero attached hydrogens (tertiary/aromatic N) is 4. The molecule has 3 rings (SSSR count). The first-order valence-electron chi connectivity index (χ1n) is 6.93. The second-order valence-electron chi connectivity index (χ2n) is 5.11. The van der Waals surface area contributed by atoms with E-state index in [9.17, 15) is 4.79 Å². The lowest BCUT2D eigenvalue weighted by atomic mass is 9.96. The molecule has 0 aliphatic heterocycles. The summed E-state index contributed by atoms with van der Waals surface area (Å²) in [7, 11) is 1.93. The number of aromatic carboxylic acids is 1. The number of aryl methyl sites for hydroxylation is 2. The van der Waals surface area contributed by atoms with Crippen LogP contribution in [0.25, 0.3) is 12.2 Å². The zero-order valence-electron chi connectivity index (χ0n) is 11.8. The van der Waals surface area contributed by atoms with Gasteiger partial charge in [0.05, 0.1) is 17.1 Å². The number of aromatic nitrogens is 4. The monoisotopic (exact) mass is 284 g/mol. The zero-order valence-corrected chi connectivity index (χ0v) is 11.8. The highest BCUT2D eigenvalue weighted by molar-refractivity contribution is 5.86. The van der Waals surface area contributed by atoms with Crippen LogP contribution in [0.5, 0.6) is 0 Å². The van der Waals surface area contributed by atoms with Crippen LogP contribution in [0.4, 0.5) is 0 Å². The minimum absolute atomic E-state index is 0.00307. The van der Waals surface area contributed by atoms with Gasteiger partial charge in [0.25, 0.3) is 0 Å². The van der Waals surface area contributed by atoms with Crippen LogP contribution < -0.4 is 0 Å². The molecule has 0 radical (unpaired) electrons. The Kier molecular flexibility index (Phi) is 3.51. The normalized spacial score (nSPS) is 14.3. The fraction of sp³-hybridized carbons (Fsp3) is 0.333. The second-order valence-corrected chi connectivity index (χ2v) is 5.11. The molecule has 2 aromatic rings. The van der Waals surface area contributed by atoms with Crippen LogP contribution >= 0.6 is 0 Å². The molecule has 0 saturated carbocycles. The minimum Gasteiger partial charge on any atom is -0.477 e. The fourth-order valence-corrected chi connectivity index (χ4v) is 2.66. The summed E-state index contributed by atoms with van der Waals surface area (Å²) in [6.45, 7) is 0. The number of rotatable bonds is 3. The van der Waals surface area contributed by atoms with E-state index in [1.807, 2.05) is 17.8 Å². The van der Waals surface area contributed by atoms with Crippen molar-refractivity contribution < 1.29 is 9.90 Å². The van der Waals surface area contributed by atoms with Crippen molar-refractivity contribution in [1.82, 2.24) is 19.7 Å². The third kappa shape index (κ3) is 2.69. The largest absolute Gasteiger partial charge is 0.477 e. The topological polar surface area (TPSA) is 80.9 Å². The molecule has 0 atom stereocenters. The highest BCUT2D eigenvalue weighted by atomic mass is 16.4. The van der Waals surface area contributed by atoms with Crippen molar-refractivity contribution in [3.05, 3.63) is 40.7 Å². The maximum atomic E-state index is 10.9. The van der Waals surface area contributed by atoms with E-state index in [1.54, 1.807) is 6.08 Å². The van der Waals surface area contributed by atoms with Gasteiger partial charge >= 0.3 is 5.97 Å². The molecule has 0 unspecified atom stereocenters. The van der Waals surface area contributed by atoms with Gasteiger partial charge in [-0.3, -0.25) is 4.68 Å². The van der Waals surface area contributed by atoms with E-state index in [2.05, 4.69) is 15.1 Å². The Balaban J connectivity index is 1.91. The van der Waals surface area contributed by atoms with Crippen molar-refractivity contribution in [1.29, 1.82) is 0 Å². The van der Waals surface area contributed by atoms with Gasteiger partial charge in [-0.1, -0.05) is 0 Å². The molecular weight excluding hydrogens is 268 g/mol. The Morgan fingerprint density at radius 3 is 2.90 bits per heavy atom. The lowest BCUT2D eigenvalue weighted by molar-refractivity contribution is 0.0690. The second kappa shape index (κ2) is 5.47. The molecule has 6 heteroatoms. The van der Waals surface area contributed by atoms with Crippen LogP contribution in [0.15, 0.2) is 12.4 Å². The number of fused-ring (bicyclic) bond motifs is 1. The first-order chi connectivity index (χ1) is 10.1. The molecule has 0 bridgehead atoms. The van der Waals surface area contributed by atoms with Crippen molar-refractivity contribution in [3.63, 3.8) is 0 Å². The summed E-state index contributed by atoms with van der Waals surface area (Å²) in [4.78, 5) is 18.7. The molecule has 2 heterocycles. The summed E-state index contributed by atoms with van der Waals surface area (Å²) in [6.07, 6.45) is 9.49. The average Bonchev–Trinajstić information content (AvgIpc) is 2.81. The average molecular weight is 284 g/mol. The summed E-state index contributed by atoms with van der Waals surface area (Å²) in [6, 6.07) is 1.46. The summed E-state index contributed by atoms with van der Waals surface area (Å²) < 4.78 is 1.88. The first kappa shape index (κ1) is 13.5. The summed E-state index contributed by atoms with van der Waals surface area (Å²) >= 11 is 0. The SMILES string of the molecule is Cn1nc2c(c1C=Cc1cc(C(=O)O)ncn1)CCCC2. The van der Waals surface area contributed by atoms with E-state index in [-0.39, 0.29) is 5.69 Å². The van der Waals surface area contributed by atoms with E-state index in [4.69, 9.17) is 5.11 Å². The molecule has 21 heavy (non-hydrogen) atoms. The maximum absolute atomic E-state index is 10.9. The lowest BCUT2D eigenvalue weighted by Crippen LogP contribution is -2.01. The Morgan fingerprint density at radius 2 is 2.10 bits per heavy atom. The molecule has 6 nitrogen and oxygen atoms in total. The van der Waals surface area contributed by atoms with Gasteiger partial charge in [0.2, 0.25) is 0 Å². The van der Waals surface area contributed by atoms with Crippen molar-refractivity contribution in [2.24, 2.45) is 7.05 Å². The Hall–Kier alpha value is -2.50. The van der Waals surface area contributed by atoms with Gasteiger partial charge in [0, 0.05) is 12.6 Å². The summed E-state index contributed by atoms with van der Waals surface area (Å²) in [5.74, 6) is -1.05. The highest BCUT2D eigenvalue weighted by Gasteiger charge is 2.17. The van der Waals surface area contributed by atoms with Gasteiger partial charge in [0.15, 0.2) is 5.69 Å². The van der Waals surface area contributed by atoms with E-state index in [1.165, 1.54) is 36.5 Å². The van der Waals surface area contributed by atoms with E-state index >= 15 is 0 Å². The number of carboxylic acids is 1. The quantitative estimate of drug-likeness (QED) is 0.931. The number of carbonyl (C=O) groups is 1. The van der Waals surface area contributed by atoms with Crippen LogP contribution in [0.2, 0.25) is 0 Å². The predicted molar refractivity (Wildman–Crippen MR) is 77.8 cm³/mol. The standard InChI is InChI=1S/C15H16N4O2/c1-19-14(11-4-2-3-5-12(11)18-19)7-6-10-8-13(15(20)21)17-9-16-10/h6-9H,2-5H2,1H3,(H,20,21). The zero-order chi connectivity index (χ0) is 14.8. The summed E-state index contributed by atoms with van der Waals surface area (Å²) in [5, 5.41) is 13.5. The highest BCUT2D eigenvalue weighted by Crippen LogP contribution is 2.24. The Labute approximate surface area is 122 Å². The molecular formula is C15H16N4O2. The van der Waals surface area contributed by atoms with Crippen LogP contribution in [-0.4, -0.2) is 30.8 Å².